The van der Waals surface area contributed by atoms with Crippen LogP contribution in [-0.2, 0) is 4.74 Å². The van der Waals surface area contributed by atoms with E-state index in [9.17, 15) is 9.59 Å². The largest absolute Gasteiger partial charge is 0.462 e. The van der Waals surface area contributed by atoms with Crippen LogP contribution in [0.4, 0.5) is 0 Å². The Hall–Kier alpha value is -3.96. The Balaban J connectivity index is 1.49. The standard InChI is InChI=1S/C35H35ClN2O3/c1-24-31(34(39)38-20-10-5-11-21-38)33(28-17-12-18-29(36)23-28)32(25(2)37-24)35(40)41-22-19-30(26-13-6-3-7-14-26)27-15-8-4-9-16-27/h3-4,6-9,12-18,23,30H,5,10-11,19-22H2,1-2H3. The van der Waals surface area contributed by atoms with Crippen molar-refractivity contribution in [3.63, 3.8) is 0 Å². The van der Waals surface area contributed by atoms with E-state index in [1.165, 1.54) is 0 Å². The Morgan fingerprint density at radius 2 is 1.44 bits per heavy atom. The number of pyridine rings is 1. The molecule has 0 aliphatic carbocycles. The molecule has 0 atom stereocenters. The van der Waals surface area contributed by atoms with Crippen LogP contribution in [-0.4, -0.2) is 41.5 Å². The Morgan fingerprint density at radius 1 is 0.829 bits per heavy atom. The molecule has 2 heterocycles. The first-order valence-electron chi connectivity index (χ1n) is 14.3. The second-order valence-electron chi connectivity index (χ2n) is 10.6. The number of piperidine rings is 1. The highest BCUT2D eigenvalue weighted by Crippen LogP contribution is 2.35. The monoisotopic (exact) mass is 566 g/mol. The van der Waals surface area contributed by atoms with Crippen LogP contribution in [0.2, 0.25) is 5.02 Å². The summed E-state index contributed by atoms with van der Waals surface area (Å²) in [5.41, 5.74) is 5.45. The lowest BCUT2D eigenvalue weighted by atomic mass is 9.89. The molecule has 1 saturated heterocycles. The van der Waals surface area contributed by atoms with Crippen molar-refractivity contribution in [3.05, 3.63) is 124 Å². The van der Waals surface area contributed by atoms with Gasteiger partial charge in [0.25, 0.3) is 5.91 Å². The van der Waals surface area contributed by atoms with E-state index < -0.39 is 5.97 Å². The molecule has 1 fully saturated rings. The van der Waals surface area contributed by atoms with Gasteiger partial charge in [0, 0.05) is 29.6 Å². The number of nitrogens with zero attached hydrogens (tertiary/aromatic N) is 2. The molecule has 1 amide bonds. The fraction of sp³-hybridized carbons (Fsp3) is 0.286. The number of ether oxygens (including phenoxy) is 1. The fourth-order valence-electron chi connectivity index (χ4n) is 5.79. The number of hydrogen-bond acceptors (Lipinski definition) is 4. The molecular formula is C35H35ClN2O3. The molecule has 4 aromatic rings. The summed E-state index contributed by atoms with van der Waals surface area (Å²) in [6, 6.07) is 27.8. The molecule has 210 valence electrons. The van der Waals surface area contributed by atoms with Crippen LogP contribution in [0.25, 0.3) is 11.1 Å². The molecule has 5 rings (SSSR count). The highest BCUT2D eigenvalue weighted by atomic mass is 35.5. The van der Waals surface area contributed by atoms with Crippen molar-refractivity contribution in [2.45, 2.75) is 45.4 Å². The zero-order valence-corrected chi connectivity index (χ0v) is 24.4. The fourth-order valence-corrected chi connectivity index (χ4v) is 5.98. The van der Waals surface area contributed by atoms with E-state index in [1.807, 2.05) is 60.4 Å². The van der Waals surface area contributed by atoms with Gasteiger partial charge >= 0.3 is 5.97 Å². The smallest absolute Gasteiger partial charge is 0.340 e. The summed E-state index contributed by atoms with van der Waals surface area (Å²) in [4.78, 5) is 34.3. The minimum absolute atomic E-state index is 0.0751. The molecule has 5 nitrogen and oxygen atoms in total. The third-order valence-corrected chi connectivity index (χ3v) is 8.01. The van der Waals surface area contributed by atoms with Crippen molar-refractivity contribution in [1.29, 1.82) is 0 Å². The molecule has 0 saturated carbocycles. The molecule has 0 N–H and O–H groups in total. The Labute approximate surface area is 247 Å². The van der Waals surface area contributed by atoms with Gasteiger partial charge in [-0.2, -0.15) is 0 Å². The van der Waals surface area contributed by atoms with Crippen LogP contribution in [0.3, 0.4) is 0 Å². The number of esters is 1. The predicted octanol–water partition coefficient (Wildman–Crippen LogP) is 8.02. The third kappa shape index (κ3) is 6.52. The van der Waals surface area contributed by atoms with Gasteiger partial charge in [0.1, 0.15) is 0 Å². The van der Waals surface area contributed by atoms with Crippen molar-refractivity contribution in [2.75, 3.05) is 19.7 Å². The number of benzene rings is 3. The summed E-state index contributed by atoms with van der Waals surface area (Å²) >= 11 is 6.39. The van der Waals surface area contributed by atoms with Crippen molar-refractivity contribution >= 4 is 23.5 Å². The molecular weight excluding hydrogens is 532 g/mol. The second kappa shape index (κ2) is 13.1. The molecule has 6 heteroatoms. The summed E-state index contributed by atoms with van der Waals surface area (Å²) in [6.45, 7) is 5.23. The van der Waals surface area contributed by atoms with Crippen molar-refractivity contribution < 1.29 is 14.3 Å². The van der Waals surface area contributed by atoms with E-state index in [-0.39, 0.29) is 18.4 Å². The SMILES string of the molecule is Cc1nc(C)c(C(=O)N2CCCCC2)c(-c2cccc(Cl)c2)c1C(=O)OCCC(c1ccccc1)c1ccccc1. The minimum atomic E-state index is -0.488. The third-order valence-electron chi connectivity index (χ3n) is 7.78. The number of halogens is 1. The number of amides is 1. The highest BCUT2D eigenvalue weighted by Gasteiger charge is 2.30. The first-order valence-corrected chi connectivity index (χ1v) is 14.6. The van der Waals surface area contributed by atoms with Crippen LogP contribution in [0.5, 0.6) is 0 Å². The Bertz CT molecular complexity index is 1480. The number of likely N-dealkylation sites (tertiary alicyclic amines) is 1. The number of carbonyl (C=O) groups excluding carboxylic acids is 2. The Morgan fingerprint density at radius 3 is 2.05 bits per heavy atom. The number of aromatic nitrogens is 1. The maximum atomic E-state index is 13.9. The lowest BCUT2D eigenvalue weighted by molar-refractivity contribution is 0.0495. The van der Waals surface area contributed by atoms with Crippen molar-refractivity contribution in [2.24, 2.45) is 0 Å². The number of hydrogen-bond donors (Lipinski definition) is 0. The summed E-state index contributed by atoms with van der Waals surface area (Å²) in [6.07, 6.45) is 3.66. The maximum Gasteiger partial charge on any atom is 0.340 e. The summed E-state index contributed by atoms with van der Waals surface area (Å²) in [5.74, 6) is -0.518. The van der Waals surface area contributed by atoms with Gasteiger partial charge in [-0.05, 0) is 68.4 Å². The van der Waals surface area contributed by atoms with Crippen LogP contribution in [0, 0.1) is 13.8 Å². The van der Waals surface area contributed by atoms with Crippen LogP contribution < -0.4 is 0 Å². The average molecular weight is 567 g/mol. The topological polar surface area (TPSA) is 59.5 Å². The molecule has 1 aromatic heterocycles. The molecule has 0 bridgehead atoms. The lowest BCUT2D eigenvalue weighted by Gasteiger charge is -2.29. The van der Waals surface area contributed by atoms with Crippen molar-refractivity contribution in [1.82, 2.24) is 9.88 Å². The number of aryl methyl sites for hydroxylation is 2. The molecule has 0 unspecified atom stereocenters. The molecule has 0 spiro atoms. The van der Waals surface area contributed by atoms with Crippen LogP contribution in [0.1, 0.15) is 74.8 Å². The lowest BCUT2D eigenvalue weighted by Crippen LogP contribution is -2.36. The summed E-state index contributed by atoms with van der Waals surface area (Å²) < 4.78 is 5.96. The Kier molecular flexibility index (Phi) is 9.15. The summed E-state index contributed by atoms with van der Waals surface area (Å²) in [5, 5.41) is 0.527. The first kappa shape index (κ1) is 28.6. The van der Waals surface area contributed by atoms with E-state index in [0.29, 0.717) is 58.2 Å². The van der Waals surface area contributed by atoms with E-state index >= 15 is 0 Å². The highest BCUT2D eigenvalue weighted by molar-refractivity contribution is 6.31. The van der Waals surface area contributed by atoms with Gasteiger partial charge in [-0.15, -0.1) is 0 Å². The van der Waals surface area contributed by atoms with Gasteiger partial charge in [0.2, 0.25) is 0 Å². The number of carbonyl (C=O) groups is 2. The zero-order valence-electron chi connectivity index (χ0n) is 23.6. The van der Waals surface area contributed by atoms with E-state index in [4.69, 9.17) is 16.3 Å². The van der Waals surface area contributed by atoms with Gasteiger partial charge < -0.3 is 9.64 Å². The molecule has 0 radical (unpaired) electrons. The van der Waals surface area contributed by atoms with Gasteiger partial charge in [-0.1, -0.05) is 84.4 Å². The van der Waals surface area contributed by atoms with Gasteiger partial charge in [0.05, 0.1) is 29.1 Å². The zero-order chi connectivity index (χ0) is 28.8. The minimum Gasteiger partial charge on any atom is -0.462 e. The van der Waals surface area contributed by atoms with Crippen LogP contribution >= 0.6 is 11.6 Å². The van der Waals surface area contributed by atoms with Gasteiger partial charge in [-0.25, -0.2) is 4.79 Å². The predicted molar refractivity (Wildman–Crippen MR) is 164 cm³/mol. The average Bonchev–Trinajstić information content (AvgIpc) is 3.00. The molecule has 1 aliphatic rings. The van der Waals surface area contributed by atoms with E-state index in [1.54, 1.807) is 19.1 Å². The van der Waals surface area contributed by atoms with Crippen LogP contribution in [0.15, 0.2) is 84.9 Å². The maximum absolute atomic E-state index is 13.9. The second-order valence-corrected chi connectivity index (χ2v) is 11.0. The normalized spacial score (nSPS) is 13.3. The molecule has 41 heavy (non-hydrogen) atoms. The number of rotatable bonds is 8. The quantitative estimate of drug-likeness (QED) is 0.203. The molecule has 3 aromatic carbocycles. The summed E-state index contributed by atoms with van der Waals surface area (Å²) in [7, 11) is 0. The first-order chi connectivity index (χ1) is 19.9. The van der Waals surface area contributed by atoms with Gasteiger partial charge in [-0.3, -0.25) is 9.78 Å². The van der Waals surface area contributed by atoms with Gasteiger partial charge in [0.15, 0.2) is 0 Å². The molecule has 1 aliphatic heterocycles. The van der Waals surface area contributed by atoms with E-state index in [0.717, 1.165) is 30.4 Å². The van der Waals surface area contributed by atoms with Crippen molar-refractivity contribution in [3.8, 4) is 11.1 Å². The van der Waals surface area contributed by atoms with E-state index in [2.05, 4.69) is 29.2 Å².